The van der Waals surface area contributed by atoms with Gasteiger partial charge < -0.3 is 14.6 Å². The first-order chi connectivity index (χ1) is 12.0. The molecule has 5 atom stereocenters. The fraction of sp³-hybridized carbons (Fsp3) is 0.810. The summed E-state index contributed by atoms with van der Waals surface area (Å²) in [7, 11) is 0. The summed E-state index contributed by atoms with van der Waals surface area (Å²) < 4.78 is 12.2. The van der Waals surface area contributed by atoms with Crippen LogP contribution in [0.15, 0.2) is 11.6 Å². The summed E-state index contributed by atoms with van der Waals surface area (Å²) in [6, 6.07) is 0. The van der Waals surface area contributed by atoms with Gasteiger partial charge in [-0.3, -0.25) is 9.59 Å². The number of rotatable bonds is 4. The zero-order valence-electron chi connectivity index (χ0n) is 16.6. The third-order valence-corrected chi connectivity index (χ3v) is 7.51. The first-order valence-corrected chi connectivity index (χ1v) is 9.70. The molecular weight excluding hydrogens is 332 g/mol. The maximum absolute atomic E-state index is 11.4. The zero-order chi connectivity index (χ0) is 19.4. The van der Waals surface area contributed by atoms with Crippen molar-refractivity contribution in [3.8, 4) is 0 Å². The fourth-order valence-corrected chi connectivity index (χ4v) is 6.54. The molecule has 5 unspecified atom stereocenters. The average Bonchev–Trinajstić information content (AvgIpc) is 2.83. The second-order valence-electron chi connectivity index (χ2n) is 9.73. The van der Waals surface area contributed by atoms with Gasteiger partial charge in [-0.05, 0) is 56.6 Å². The summed E-state index contributed by atoms with van der Waals surface area (Å²) in [6.45, 7) is 11.3. The van der Waals surface area contributed by atoms with Crippen LogP contribution in [0.3, 0.4) is 0 Å². The predicted octanol–water partition coefficient (Wildman–Crippen LogP) is 4.10. The molecule has 1 aliphatic heterocycles. The van der Waals surface area contributed by atoms with Crippen LogP contribution in [0.5, 0.6) is 0 Å². The van der Waals surface area contributed by atoms with Gasteiger partial charge in [0.1, 0.15) is 6.10 Å². The van der Waals surface area contributed by atoms with Crippen molar-refractivity contribution in [1.29, 1.82) is 0 Å². The number of carboxylic acids is 1. The summed E-state index contributed by atoms with van der Waals surface area (Å²) in [4.78, 5) is 22.5. The molecule has 0 bridgehead atoms. The Labute approximate surface area is 156 Å². The maximum Gasteiger partial charge on any atom is 0.306 e. The predicted molar refractivity (Wildman–Crippen MR) is 97.6 cm³/mol. The van der Waals surface area contributed by atoms with Crippen molar-refractivity contribution in [2.45, 2.75) is 90.4 Å². The number of carbonyl (C=O) groups excluding carboxylic acids is 1. The number of aliphatic carboxylic acids is 1. The monoisotopic (exact) mass is 364 g/mol. The lowest BCUT2D eigenvalue weighted by molar-refractivity contribution is -0.213. The van der Waals surface area contributed by atoms with E-state index in [1.54, 1.807) is 0 Å². The van der Waals surface area contributed by atoms with Crippen LogP contribution in [0.1, 0.15) is 73.1 Å². The van der Waals surface area contributed by atoms with Gasteiger partial charge in [-0.15, -0.1) is 0 Å². The average molecular weight is 364 g/mol. The molecule has 26 heavy (non-hydrogen) atoms. The van der Waals surface area contributed by atoms with Crippen molar-refractivity contribution in [2.24, 2.45) is 16.7 Å². The first kappa shape index (κ1) is 19.4. The van der Waals surface area contributed by atoms with Crippen LogP contribution in [0.4, 0.5) is 0 Å². The summed E-state index contributed by atoms with van der Waals surface area (Å²) >= 11 is 0. The van der Waals surface area contributed by atoms with E-state index in [4.69, 9.17) is 9.47 Å². The maximum atomic E-state index is 11.4. The Morgan fingerprint density at radius 3 is 2.58 bits per heavy atom. The Hall–Kier alpha value is -1.36. The molecule has 0 aromatic rings. The van der Waals surface area contributed by atoms with E-state index in [0.717, 1.165) is 37.7 Å². The minimum absolute atomic E-state index is 0.0139. The number of hydrogen-bond acceptors (Lipinski definition) is 4. The van der Waals surface area contributed by atoms with Gasteiger partial charge in [0.15, 0.2) is 0 Å². The topological polar surface area (TPSA) is 72.8 Å². The Bertz CT molecular complexity index is 638. The molecule has 1 spiro atoms. The van der Waals surface area contributed by atoms with E-state index in [1.165, 1.54) is 0 Å². The summed E-state index contributed by atoms with van der Waals surface area (Å²) in [5.41, 5.74) is -0.246. The molecule has 1 saturated heterocycles. The van der Waals surface area contributed by atoms with Crippen LogP contribution in [-0.4, -0.2) is 34.9 Å². The number of hydrogen-bond donors (Lipinski definition) is 1. The van der Waals surface area contributed by atoms with Crippen LogP contribution in [0, 0.1) is 16.7 Å². The number of fused-ring (bicyclic) bond motifs is 2. The third-order valence-electron chi connectivity index (χ3n) is 7.51. The smallest absolute Gasteiger partial charge is 0.306 e. The molecule has 1 saturated carbocycles. The van der Waals surface area contributed by atoms with E-state index in [0.29, 0.717) is 6.47 Å². The largest absolute Gasteiger partial charge is 0.481 e. The summed E-state index contributed by atoms with van der Waals surface area (Å²) in [6.07, 6.45) is 6.54. The SMILES string of the molecule is CC1=CC(OC=O)C2C(C)(C)CCCC2(C)C12CCC(C)(CC(=O)O)O2. The second-order valence-corrected chi connectivity index (χ2v) is 9.73. The molecule has 3 rings (SSSR count). The highest BCUT2D eigenvalue weighted by molar-refractivity contribution is 5.68. The summed E-state index contributed by atoms with van der Waals surface area (Å²) in [5.74, 6) is -0.681. The second kappa shape index (κ2) is 6.08. The molecular formula is C21H32O5. The molecule has 0 aromatic carbocycles. The Morgan fingerprint density at radius 2 is 1.96 bits per heavy atom. The highest BCUT2D eigenvalue weighted by atomic mass is 16.5. The highest BCUT2D eigenvalue weighted by Gasteiger charge is 2.67. The van der Waals surface area contributed by atoms with E-state index in [2.05, 4.69) is 33.8 Å². The molecule has 0 aromatic heterocycles. The van der Waals surface area contributed by atoms with E-state index in [-0.39, 0.29) is 29.3 Å². The van der Waals surface area contributed by atoms with Crippen molar-refractivity contribution in [2.75, 3.05) is 0 Å². The normalized spacial score (nSPS) is 44.3. The van der Waals surface area contributed by atoms with Gasteiger partial charge in [0.25, 0.3) is 6.47 Å². The van der Waals surface area contributed by atoms with Gasteiger partial charge in [0, 0.05) is 11.3 Å². The number of carboxylic acid groups (broad SMARTS) is 1. The Morgan fingerprint density at radius 1 is 1.27 bits per heavy atom. The van der Waals surface area contributed by atoms with Gasteiger partial charge in [-0.2, -0.15) is 0 Å². The summed E-state index contributed by atoms with van der Waals surface area (Å²) in [5, 5.41) is 9.33. The molecule has 5 heteroatoms. The van der Waals surface area contributed by atoms with Gasteiger partial charge in [-0.25, -0.2) is 0 Å². The third kappa shape index (κ3) is 2.70. The van der Waals surface area contributed by atoms with Crippen molar-refractivity contribution >= 4 is 12.4 Å². The molecule has 3 aliphatic rings. The van der Waals surface area contributed by atoms with E-state index >= 15 is 0 Å². The van der Waals surface area contributed by atoms with Crippen LogP contribution >= 0.6 is 0 Å². The van der Waals surface area contributed by atoms with Crippen molar-refractivity contribution in [3.05, 3.63) is 11.6 Å². The standard InChI is InChI=1S/C21H32O5/c1-14-11-15(25-13-22)17-18(2,3)7-6-8-20(17,5)21(14)10-9-19(4,26-21)12-16(23)24/h11,13,15,17H,6-10,12H2,1-5H3,(H,23,24). The van der Waals surface area contributed by atoms with E-state index in [1.807, 2.05) is 6.92 Å². The van der Waals surface area contributed by atoms with Crippen LogP contribution in [-0.2, 0) is 19.1 Å². The zero-order valence-corrected chi connectivity index (χ0v) is 16.6. The van der Waals surface area contributed by atoms with Crippen LogP contribution < -0.4 is 0 Å². The molecule has 146 valence electrons. The van der Waals surface area contributed by atoms with Crippen molar-refractivity contribution in [3.63, 3.8) is 0 Å². The highest BCUT2D eigenvalue weighted by Crippen LogP contribution is 2.66. The van der Waals surface area contributed by atoms with Crippen LogP contribution in [0.2, 0.25) is 0 Å². The number of ether oxygens (including phenoxy) is 2. The van der Waals surface area contributed by atoms with E-state index < -0.39 is 17.2 Å². The molecule has 5 nitrogen and oxygen atoms in total. The molecule has 2 fully saturated rings. The molecule has 0 radical (unpaired) electrons. The Balaban J connectivity index is 2.10. The lowest BCUT2D eigenvalue weighted by Crippen LogP contribution is -2.63. The van der Waals surface area contributed by atoms with Gasteiger partial charge in [0.05, 0.1) is 17.6 Å². The Kier molecular flexibility index (Phi) is 4.54. The molecule has 2 aliphatic carbocycles. The van der Waals surface area contributed by atoms with E-state index in [9.17, 15) is 14.7 Å². The van der Waals surface area contributed by atoms with Crippen molar-refractivity contribution in [1.82, 2.24) is 0 Å². The fourth-order valence-electron chi connectivity index (χ4n) is 6.54. The van der Waals surface area contributed by atoms with Crippen molar-refractivity contribution < 1.29 is 24.2 Å². The minimum Gasteiger partial charge on any atom is -0.481 e. The lowest BCUT2D eigenvalue weighted by atomic mass is 9.46. The van der Waals surface area contributed by atoms with Gasteiger partial charge in [0.2, 0.25) is 0 Å². The number of carbonyl (C=O) groups is 2. The molecule has 1 N–H and O–H groups in total. The first-order valence-electron chi connectivity index (χ1n) is 9.70. The van der Waals surface area contributed by atoms with Crippen LogP contribution in [0.25, 0.3) is 0 Å². The van der Waals surface area contributed by atoms with Gasteiger partial charge >= 0.3 is 5.97 Å². The lowest BCUT2D eigenvalue weighted by Gasteiger charge is -2.62. The molecule has 1 heterocycles. The molecule has 0 amide bonds. The quantitative estimate of drug-likeness (QED) is 0.600. The van der Waals surface area contributed by atoms with Gasteiger partial charge in [-0.1, -0.05) is 27.2 Å². The minimum atomic E-state index is -0.824.